The fraction of sp³-hybridized carbons (Fsp3) is 0.654. The van der Waals surface area contributed by atoms with E-state index in [0.29, 0.717) is 25.9 Å². The molecule has 0 aromatic carbocycles. The molecule has 2 saturated heterocycles. The van der Waals surface area contributed by atoms with E-state index in [1.54, 1.807) is 6.92 Å². The molecular weight excluding hydrogens is 456 g/mol. The fourth-order valence-corrected chi connectivity index (χ4v) is 6.19. The molecule has 0 aromatic rings. The third-order valence-electron chi connectivity index (χ3n) is 8.21. The van der Waals surface area contributed by atoms with E-state index < -0.39 is 47.0 Å². The van der Waals surface area contributed by atoms with Gasteiger partial charge in [0.1, 0.15) is 18.3 Å². The van der Waals surface area contributed by atoms with Crippen LogP contribution in [0.5, 0.6) is 0 Å². The van der Waals surface area contributed by atoms with Crippen molar-refractivity contribution in [3.63, 3.8) is 0 Å². The summed E-state index contributed by atoms with van der Waals surface area (Å²) >= 11 is 0. The lowest BCUT2D eigenvalue weighted by molar-refractivity contribution is -0.199. The van der Waals surface area contributed by atoms with Crippen molar-refractivity contribution in [3.8, 4) is 0 Å². The van der Waals surface area contributed by atoms with Crippen molar-refractivity contribution < 1.29 is 43.2 Å². The SMILES string of the molecule is CC1=CC2OC3C[C@H]4OC(=O)C=CC=CC(=O)OCC[C@@H](C)[C@H](O)C(=O)OC[C@@]2(CC1)C4[C@@]31CO1. The molecule has 2 spiro atoms. The van der Waals surface area contributed by atoms with E-state index in [2.05, 4.69) is 13.0 Å². The first kappa shape index (κ1) is 24.2. The minimum absolute atomic E-state index is 0.0220. The summed E-state index contributed by atoms with van der Waals surface area (Å²) in [5.74, 6) is -2.53. The van der Waals surface area contributed by atoms with E-state index in [0.717, 1.165) is 6.42 Å². The number of hydrogen-bond acceptors (Lipinski definition) is 9. The van der Waals surface area contributed by atoms with Gasteiger partial charge in [0.05, 0.1) is 25.4 Å². The number of epoxide rings is 1. The van der Waals surface area contributed by atoms with Gasteiger partial charge in [-0.15, -0.1) is 0 Å². The van der Waals surface area contributed by atoms with Crippen molar-refractivity contribution in [2.45, 2.75) is 69.5 Å². The highest BCUT2D eigenvalue weighted by Crippen LogP contribution is 2.65. The van der Waals surface area contributed by atoms with E-state index in [9.17, 15) is 19.5 Å². The zero-order chi connectivity index (χ0) is 24.8. The lowest BCUT2D eigenvalue weighted by Crippen LogP contribution is -2.60. The minimum atomic E-state index is -1.36. The first-order chi connectivity index (χ1) is 16.7. The van der Waals surface area contributed by atoms with Crippen LogP contribution in [0.3, 0.4) is 0 Å². The second-order valence-corrected chi connectivity index (χ2v) is 10.4. The van der Waals surface area contributed by atoms with Crippen LogP contribution in [0.1, 0.15) is 39.5 Å². The lowest BCUT2D eigenvalue weighted by atomic mass is 9.60. The number of aliphatic hydroxyl groups excluding tert-OH is 1. The zero-order valence-corrected chi connectivity index (χ0v) is 20.0. The molecule has 8 atom stereocenters. The van der Waals surface area contributed by atoms with Gasteiger partial charge >= 0.3 is 17.9 Å². The van der Waals surface area contributed by atoms with Gasteiger partial charge in [-0.1, -0.05) is 30.7 Å². The van der Waals surface area contributed by atoms with E-state index >= 15 is 0 Å². The Labute approximate surface area is 204 Å². The third-order valence-corrected chi connectivity index (χ3v) is 8.21. The maximum atomic E-state index is 12.8. The predicted molar refractivity (Wildman–Crippen MR) is 121 cm³/mol. The molecule has 9 heteroatoms. The fourth-order valence-electron chi connectivity index (χ4n) is 6.19. The highest BCUT2D eigenvalue weighted by Gasteiger charge is 2.76. The zero-order valence-electron chi connectivity index (χ0n) is 20.0. The summed E-state index contributed by atoms with van der Waals surface area (Å²) in [4.78, 5) is 37.3. The molecule has 3 heterocycles. The number of cyclic esters (lactones) is 2. The Bertz CT molecular complexity index is 977. The van der Waals surface area contributed by atoms with Crippen molar-refractivity contribution >= 4 is 17.9 Å². The largest absolute Gasteiger partial charge is 0.463 e. The quantitative estimate of drug-likeness (QED) is 0.235. The second kappa shape index (κ2) is 9.19. The average molecular weight is 489 g/mol. The van der Waals surface area contributed by atoms with Gasteiger partial charge in [0.2, 0.25) is 0 Å². The van der Waals surface area contributed by atoms with Crippen LogP contribution in [0.2, 0.25) is 0 Å². The number of carbonyl (C=O) groups is 3. The molecule has 2 bridgehead atoms. The van der Waals surface area contributed by atoms with Gasteiger partial charge < -0.3 is 28.8 Å². The second-order valence-electron chi connectivity index (χ2n) is 10.4. The Kier molecular flexibility index (Phi) is 6.35. The van der Waals surface area contributed by atoms with Crippen molar-refractivity contribution in [2.24, 2.45) is 17.3 Å². The molecule has 3 unspecified atom stereocenters. The Morgan fingerprint density at radius 3 is 2.54 bits per heavy atom. The summed E-state index contributed by atoms with van der Waals surface area (Å²) in [7, 11) is 0. The molecule has 9 nitrogen and oxygen atoms in total. The molecule has 5 aliphatic rings. The summed E-state index contributed by atoms with van der Waals surface area (Å²) < 4.78 is 29.2. The molecule has 190 valence electrons. The van der Waals surface area contributed by atoms with Crippen molar-refractivity contribution in [1.29, 1.82) is 0 Å². The molecule has 3 aliphatic heterocycles. The van der Waals surface area contributed by atoms with Crippen molar-refractivity contribution in [3.05, 3.63) is 36.0 Å². The van der Waals surface area contributed by atoms with Crippen LogP contribution in [0.25, 0.3) is 0 Å². The van der Waals surface area contributed by atoms with Gasteiger partial charge in [0, 0.05) is 29.9 Å². The van der Waals surface area contributed by atoms with Gasteiger partial charge in [-0.25, -0.2) is 14.4 Å². The molecule has 0 amide bonds. The molecule has 1 saturated carbocycles. The monoisotopic (exact) mass is 488 g/mol. The normalized spacial score (nSPS) is 43.9. The summed E-state index contributed by atoms with van der Waals surface area (Å²) in [5, 5.41) is 10.6. The van der Waals surface area contributed by atoms with E-state index in [-0.39, 0.29) is 31.3 Å². The van der Waals surface area contributed by atoms with Gasteiger partial charge in [-0.2, -0.15) is 0 Å². The maximum Gasteiger partial charge on any atom is 0.335 e. The number of hydrogen-bond donors (Lipinski definition) is 1. The minimum Gasteiger partial charge on any atom is -0.463 e. The Morgan fingerprint density at radius 1 is 1.06 bits per heavy atom. The highest BCUT2D eigenvalue weighted by molar-refractivity contribution is 5.84. The maximum absolute atomic E-state index is 12.8. The number of ether oxygens (including phenoxy) is 5. The molecule has 5 rings (SSSR count). The molecule has 2 aliphatic carbocycles. The van der Waals surface area contributed by atoms with Crippen LogP contribution in [0.15, 0.2) is 36.0 Å². The Balaban J connectivity index is 1.48. The first-order valence-electron chi connectivity index (χ1n) is 12.3. The van der Waals surface area contributed by atoms with Crippen LogP contribution in [0.4, 0.5) is 0 Å². The summed E-state index contributed by atoms with van der Waals surface area (Å²) in [5.41, 5.74) is -0.00513. The van der Waals surface area contributed by atoms with Crippen molar-refractivity contribution in [1.82, 2.24) is 0 Å². The van der Waals surface area contributed by atoms with Crippen LogP contribution in [0, 0.1) is 17.3 Å². The smallest absolute Gasteiger partial charge is 0.335 e. The standard InChI is InChI=1S/C26H32O9/c1-15-7-9-25-13-32-24(30)22(29)16(2)8-10-31-20(27)5-3-4-6-21(28)34-17-12-19(35-18(25)11-15)26(14-33-26)23(17)25/h3-6,11,16-19,22-23,29H,7-10,12-14H2,1-2H3/t16-,17-,18?,19?,22+,23?,25-,26-/m1/s1. The summed E-state index contributed by atoms with van der Waals surface area (Å²) in [6.45, 7) is 4.32. The lowest BCUT2D eigenvalue weighted by Gasteiger charge is -2.52. The van der Waals surface area contributed by atoms with Crippen LogP contribution >= 0.6 is 0 Å². The van der Waals surface area contributed by atoms with E-state index in [4.69, 9.17) is 23.7 Å². The van der Waals surface area contributed by atoms with Gasteiger partial charge in [-0.05, 0) is 32.1 Å². The number of aliphatic hydroxyl groups is 1. The number of esters is 3. The predicted octanol–water partition coefficient (Wildman–Crippen LogP) is 1.78. The molecular formula is C26H32O9. The van der Waals surface area contributed by atoms with E-state index in [1.165, 1.54) is 29.9 Å². The third kappa shape index (κ3) is 4.34. The first-order valence-corrected chi connectivity index (χ1v) is 12.3. The number of allylic oxidation sites excluding steroid dienone is 3. The highest BCUT2D eigenvalue weighted by atomic mass is 16.6. The molecule has 0 radical (unpaired) electrons. The number of rotatable bonds is 0. The molecule has 1 N–H and O–H groups in total. The molecule has 3 fully saturated rings. The van der Waals surface area contributed by atoms with Crippen LogP contribution in [-0.2, 0) is 38.1 Å². The van der Waals surface area contributed by atoms with Gasteiger partial charge in [0.15, 0.2) is 6.10 Å². The van der Waals surface area contributed by atoms with Crippen LogP contribution < -0.4 is 0 Å². The van der Waals surface area contributed by atoms with Crippen LogP contribution in [-0.4, -0.2) is 72.9 Å². The summed E-state index contributed by atoms with van der Waals surface area (Å²) in [6.07, 6.45) is 7.29. The summed E-state index contributed by atoms with van der Waals surface area (Å²) in [6, 6.07) is 0. The Hall–Kier alpha value is -2.49. The van der Waals surface area contributed by atoms with Gasteiger partial charge in [0.25, 0.3) is 0 Å². The number of carbonyl (C=O) groups excluding carboxylic acids is 3. The van der Waals surface area contributed by atoms with Gasteiger partial charge in [-0.3, -0.25) is 0 Å². The molecule has 0 aromatic heterocycles. The van der Waals surface area contributed by atoms with E-state index in [1.807, 2.05) is 0 Å². The topological polar surface area (TPSA) is 121 Å². The van der Waals surface area contributed by atoms with Crippen molar-refractivity contribution in [2.75, 3.05) is 19.8 Å². The average Bonchev–Trinajstić information content (AvgIpc) is 3.56. The Morgan fingerprint density at radius 2 is 1.80 bits per heavy atom. The molecule has 35 heavy (non-hydrogen) atoms.